The van der Waals surface area contributed by atoms with Gasteiger partial charge in [-0.15, -0.1) is 0 Å². The van der Waals surface area contributed by atoms with E-state index in [-0.39, 0.29) is 11.4 Å². The van der Waals surface area contributed by atoms with Gasteiger partial charge < -0.3 is 4.42 Å². The Bertz CT molecular complexity index is 589. The molecule has 92 valence electrons. The van der Waals surface area contributed by atoms with Gasteiger partial charge in [0.25, 0.3) is 5.69 Å². The van der Waals surface area contributed by atoms with E-state index in [4.69, 9.17) is 10.3 Å². The van der Waals surface area contributed by atoms with Crippen molar-refractivity contribution < 1.29 is 14.1 Å². The third kappa shape index (κ3) is 2.20. The molecule has 0 radical (unpaired) electrons. The van der Waals surface area contributed by atoms with Crippen LogP contribution in [0.2, 0.25) is 0 Å². The summed E-state index contributed by atoms with van der Waals surface area (Å²) in [4.78, 5) is 21.2. The number of rotatable bonds is 3. The second-order valence-corrected chi connectivity index (χ2v) is 3.44. The van der Waals surface area contributed by atoms with Crippen molar-refractivity contribution in [3.8, 4) is 11.3 Å². The number of nitrogens with zero attached hydrogens (tertiary/aromatic N) is 1. The lowest BCUT2D eigenvalue weighted by Crippen LogP contribution is -2.29. The van der Waals surface area contributed by atoms with E-state index in [1.165, 1.54) is 18.2 Å². The molecule has 0 atom stereocenters. The lowest BCUT2D eigenvalue weighted by atomic mass is 10.1. The largest absolute Gasteiger partial charge is 0.451 e. The number of nitrogen functional groups attached to an aromatic ring is 1. The summed E-state index contributed by atoms with van der Waals surface area (Å²) in [6.07, 6.45) is 0. The number of nitrogens with one attached hydrogen (secondary N) is 1. The molecule has 0 saturated carbocycles. The number of hydrazine groups is 1. The second kappa shape index (κ2) is 4.68. The van der Waals surface area contributed by atoms with Crippen molar-refractivity contribution in [3.63, 3.8) is 0 Å². The standard InChI is InChI=1S/C11H9N3O4/c12-13-11(15)10-6-5-9(18-10)7-1-3-8(4-2-7)14(16)17/h1-6H,12H2,(H,13,15). The smallest absolute Gasteiger partial charge is 0.300 e. The van der Waals surface area contributed by atoms with Crippen LogP contribution < -0.4 is 11.3 Å². The SMILES string of the molecule is NNC(=O)c1ccc(-c2ccc([N+](=O)[O-])cc2)o1. The van der Waals surface area contributed by atoms with Crippen molar-refractivity contribution in [1.29, 1.82) is 0 Å². The van der Waals surface area contributed by atoms with E-state index < -0.39 is 10.8 Å². The summed E-state index contributed by atoms with van der Waals surface area (Å²) in [7, 11) is 0. The first-order valence-corrected chi connectivity index (χ1v) is 4.97. The van der Waals surface area contributed by atoms with Gasteiger partial charge in [0.05, 0.1) is 4.92 Å². The second-order valence-electron chi connectivity index (χ2n) is 3.44. The highest BCUT2D eigenvalue weighted by atomic mass is 16.6. The van der Waals surface area contributed by atoms with Gasteiger partial charge in [0.2, 0.25) is 0 Å². The molecule has 0 spiro atoms. The Morgan fingerprint density at radius 3 is 2.44 bits per heavy atom. The minimum atomic E-state index is -0.539. The van der Waals surface area contributed by atoms with Gasteiger partial charge >= 0.3 is 5.91 Å². The summed E-state index contributed by atoms with van der Waals surface area (Å²) in [6.45, 7) is 0. The number of nitrogens with two attached hydrogens (primary N) is 1. The fraction of sp³-hybridized carbons (Fsp3) is 0. The van der Waals surface area contributed by atoms with E-state index in [9.17, 15) is 14.9 Å². The maximum absolute atomic E-state index is 11.2. The molecule has 0 aliphatic heterocycles. The highest BCUT2D eigenvalue weighted by Gasteiger charge is 2.11. The fourth-order valence-corrected chi connectivity index (χ4v) is 1.43. The van der Waals surface area contributed by atoms with Crippen molar-refractivity contribution in [1.82, 2.24) is 5.43 Å². The first-order valence-electron chi connectivity index (χ1n) is 4.97. The topological polar surface area (TPSA) is 111 Å². The van der Waals surface area contributed by atoms with E-state index in [1.807, 2.05) is 5.43 Å². The third-order valence-electron chi connectivity index (χ3n) is 2.32. The summed E-state index contributed by atoms with van der Waals surface area (Å²) in [5.74, 6) is 4.94. The molecule has 7 nitrogen and oxygen atoms in total. The van der Waals surface area contributed by atoms with Crippen molar-refractivity contribution in [2.75, 3.05) is 0 Å². The van der Waals surface area contributed by atoms with Crippen LogP contribution in [0.3, 0.4) is 0 Å². The summed E-state index contributed by atoms with van der Waals surface area (Å²) in [5.41, 5.74) is 2.57. The van der Waals surface area contributed by atoms with E-state index in [1.54, 1.807) is 18.2 Å². The predicted molar refractivity (Wildman–Crippen MR) is 62.5 cm³/mol. The van der Waals surface area contributed by atoms with Crippen molar-refractivity contribution in [2.45, 2.75) is 0 Å². The molecular weight excluding hydrogens is 238 g/mol. The minimum absolute atomic E-state index is 0.00905. The first kappa shape index (κ1) is 11.8. The molecule has 18 heavy (non-hydrogen) atoms. The normalized spacial score (nSPS) is 10.1. The zero-order valence-electron chi connectivity index (χ0n) is 9.12. The van der Waals surface area contributed by atoms with Crippen LogP contribution in [0.15, 0.2) is 40.8 Å². The molecule has 2 rings (SSSR count). The molecule has 0 aliphatic rings. The number of non-ortho nitro benzene ring substituents is 1. The number of hydrogen-bond acceptors (Lipinski definition) is 5. The molecule has 2 aromatic rings. The molecule has 1 aromatic carbocycles. The third-order valence-corrected chi connectivity index (χ3v) is 2.32. The van der Waals surface area contributed by atoms with Gasteiger partial charge in [0.1, 0.15) is 5.76 Å². The molecular formula is C11H9N3O4. The molecule has 1 aromatic heterocycles. The zero-order valence-corrected chi connectivity index (χ0v) is 9.12. The highest BCUT2D eigenvalue weighted by Crippen LogP contribution is 2.24. The number of amides is 1. The van der Waals surface area contributed by atoms with Crippen LogP contribution in [0.4, 0.5) is 5.69 Å². The molecule has 0 saturated heterocycles. The van der Waals surface area contributed by atoms with Gasteiger partial charge in [0, 0.05) is 17.7 Å². The molecule has 0 unspecified atom stereocenters. The summed E-state index contributed by atoms with van der Waals surface area (Å²) in [5, 5.41) is 10.5. The Balaban J connectivity index is 2.29. The first-order chi connectivity index (χ1) is 8.61. The van der Waals surface area contributed by atoms with Gasteiger partial charge in [-0.25, -0.2) is 5.84 Å². The Hall–Kier alpha value is -2.67. The van der Waals surface area contributed by atoms with Gasteiger partial charge in [-0.2, -0.15) is 0 Å². The van der Waals surface area contributed by atoms with Crippen molar-refractivity contribution >= 4 is 11.6 Å². The minimum Gasteiger partial charge on any atom is -0.451 e. The number of benzene rings is 1. The Labute approximate surface area is 101 Å². The summed E-state index contributed by atoms with van der Waals surface area (Å²) in [6, 6.07) is 8.87. The number of carbonyl (C=O) groups excluding carboxylic acids is 1. The Morgan fingerprint density at radius 2 is 1.89 bits per heavy atom. The zero-order chi connectivity index (χ0) is 13.1. The fourth-order valence-electron chi connectivity index (χ4n) is 1.43. The number of nitro groups is 1. The molecule has 1 heterocycles. The number of nitro benzene ring substituents is 1. The lowest BCUT2D eigenvalue weighted by Gasteiger charge is -1.97. The van der Waals surface area contributed by atoms with Gasteiger partial charge in [-0.1, -0.05) is 0 Å². The maximum Gasteiger partial charge on any atom is 0.300 e. The molecule has 0 aliphatic carbocycles. The van der Waals surface area contributed by atoms with E-state index in [0.29, 0.717) is 11.3 Å². The van der Waals surface area contributed by atoms with Crippen LogP contribution in [0, 0.1) is 10.1 Å². The summed E-state index contributed by atoms with van der Waals surface area (Å²) >= 11 is 0. The quantitative estimate of drug-likeness (QED) is 0.369. The van der Waals surface area contributed by atoms with E-state index >= 15 is 0 Å². The molecule has 0 bridgehead atoms. The van der Waals surface area contributed by atoms with Crippen LogP contribution in [-0.2, 0) is 0 Å². The Morgan fingerprint density at radius 1 is 1.22 bits per heavy atom. The van der Waals surface area contributed by atoms with Crippen LogP contribution >= 0.6 is 0 Å². The van der Waals surface area contributed by atoms with Crippen LogP contribution in [0.25, 0.3) is 11.3 Å². The number of hydrogen-bond donors (Lipinski definition) is 2. The average Bonchev–Trinajstić information content (AvgIpc) is 2.87. The molecule has 0 fully saturated rings. The van der Waals surface area contributed by atoms with Gasteiger partial charge in [0.15, 0.2) is 5.76 Å². The molecule has 7 heteroatoms. The number of carbonyl (C=O) groups is 1. The summed E-state index contributed by atoms with van der Waals surface area (Å²) < 4.78 is 5.26. The number of furan rings is 1. The van der Waals surface area contributed by atoms with E-state index in [0.717, 1.165) is 0 Å². The van der Waals surface area contributed by atoms with Crippen LogP contribution in [0.5, 0.6) is 0 Å². The Kier molecular flexibility index (Phi) is 3.07. The van der Waals surface area contributed by atoms with Crippen molar-refractivity contribution in [2.24, 2.45) is 5.84 Å². The average molecular weight is 247 g/mol. The van der Waals surface area contributed by atoms with Gasteiger partial charge in [-0.05, 0) is 24.3 Å². The highest BCUT2D eigenvalue weighted by molar-refractivity contribution is 5.91. The lowest BCUT2D eigenvalue weighted by molar-refractivity contribution is -0.384. The maximum atomic E-state index is 11.2. The van der Waals surface area contributed by atoms with Crippen molar-refractivity contribution in [3.05, 3.63) is 52.3 Å². The van der Waals surface area contributed by atoms with Crippen LogP contribution in [0.1, 0.15) is 10.6 Å². The van der Waals surface area contributed by atoms with Gasteiger partial charge in [-0.3, -0.25) is 20.3 Å². The molecule has 1 amide bonds. The predicted octanol–water partition coefficient (Wildman–Crippen LogP) is 1.46. The molecule has 3 N–H and O–H groups in total. The van der Waals surface area contributed by atoms with Crippen LogP contribution in [-0.4, -0.2) is 10.8 Å². The van der Waals surface area contributed by atoms with E-state index in [2.05, 4.69) is 0 Å². The monoisotopic (exact) mass is 247 g/mol.